The molecule has 19 heavy (non-hydrogen) atoms. The normalized spacial score (nSPS) is 24.7. The Hall–Kier alpha value is -1.30. The second-order valence-electron chi connectivity index (χ2n) is 5.11. The van der Waals surface area contributed by atoms with Crippen LogP contribution in [0.3, 0.4) is 0 Å². The number of hydrogen-bond donors (Lipinski definition) is 2. The number of carbonyl (C=O) groups excluding carboxylic acids is 1. The van der Waals surface area contributed by atoms with E-state index in [2.05, 4.69) is 0 Å². The number of likely N-dealkylation sites (tertiary alicyclic amines) is 1. The van der Waals surface area contributed by atoms with Gasteiger partial charge in [-0.15, -0.1) is 0 Å². The summed E-state index contributed by atoms with van der Waals surface area (Å²) in [5.41, 5.74) is 0. The molecule has 2 radical (unpaired) electrons. The molecule has 4 atom stereocenters. The van der Waals surface area contributed by atoms with Gasteiger partial charge in [0.25, 0.3) is 0 Å². The molecule has 0 aliphatic carbocycles. The van der Waals surface area contributed by atoms with Gasteiger partial charge in [0.05, 0.1) is 12.0 Å². The van der Waals surface area contributed by atoms with Crippen molar-refractivity contribution in [3.63, 3.8) is 0 Å². The molecule has 1 aliphatic rings. The van der Waals surface area contributed by atoms with Crippen LogP contribution >= 0.6 is 0 Å². The van der Waals surface area contributed by atoms with Gasteiger partial charge in [0, 0.05) is 18.5 Å². The number of aliphatic carboxylic acids is 1. The predicted octanol–water partition coefficient (Wildman–Crippen LogP) is 0.520. The molecular weight excluding hydrogens is 245 g/mol. The largest absolute Gasteiger partial charge is 0.481 e. The molecule has 0 saturated carbocycles. The first-order valence-corrected chi connectivity index (χ1v) is 6.49. The highest BCUT2D eigenvalue weighted by molar-refractivity contribution is 6.12. The lowest BCUT2D eigenvalue weighted by molar-refractivity contribution is -0.142. The molecule has 2 N–H and O–H groups in total. The SMILES string of the molecule is [B]C(O)C=CC1CCC(=O)N1C(C)CC(C)C(=O)O. The summed E-state index contributed by atoms with van der Waals surface area (Å²) < 4.78 is 0. The Morgan fingerprint density at radius 2 is 2.21 bits per heavy atom. The summed E-state index contributed by atoms with van der Waals surface area (Å²) in [6.07, 6.45) is 4.70. The van der Waals surface area contributed by atoms with Gasteiger partial charge in [-0.2, -0.15) is 0 Å². The number of aliphatic hydroxyl groups is 1. The Morgan fingerprint density at radius 1 is 1.58 bits per heavy atom. The minimum atomic E-state index is -1.04. The Morgan fingerprint density at radius 3 is 2.74 bits per heavy atom. The molecule has 0 spiro atoms. The van der Waals surface area contributed by atoms with Gasteiger partial charge in [-0.3, -0.25) is 9.59 Å². The monoisotopic (exact) mass is 265 g/mol. The lowest BCUT2D eigenvalue weighted by atomic mass is 9.98. The number of carboxylic acids is 1. The quantitative estimate of drug-likeness (QED) is 0.542. The summed E-state index contributed by atoms with van der Waals surface area (Å²) in [4.78, 5) is 24.4. The molecule has 1 heterocycles. The number of aliphatic hydroxyl groups excluding tert-OH is 1. The van der Waals surface area contributed by atoms with Crippen molar-refractivity contribution < 1.29 is 19.8 Å². The molecule has 6 heteroatoms. The first kappa shape index (κ1) is 15.8. The highest BCUT2D eigenvalue weighted by Gasteiger charge is 2.33. The van der Waals surface area contributed by atoms with Crippen molar-refractivity contribution in [3.8, 4) is 0 Å². The number of rotatable bonds is 6. The van der Waals surface area contributed by atoms with Gasteiger partial charge in [-0.1, -0.05) is 19.1 Å². The molecule has 0 bridgehead atoms. The molecular formula is C13H20BNO4. The molecule has 5 nitrogen and oxygen atoms in total. The standard InChI is InChI=1S/C13H20BNO4/c1-8(13(18)19)7-9(2)15-10(3-5-11(14)16)4-6-12(15)17/h3,5,8-11,16H,4,6-7H2,1-2H3,(H,18,19). The van der Waals surface area contributed by atoms with Gasteiger partial charge in [-0.25, -0.2) is 0 Å². The van der Waals surface area contributed by atoms with E-state index in [-0.39, 0.29) is 18.0 Å². The average Bonchev–Trinajstić information content (AvgIpc) is 2.67. The predicted molar refractivity (Wildman–Crippen MR) is 71.6 cm³/mol. The second kappa shape index (κ2) is 6.75. The summed E-state index contributed by atoms with van der Waals surface area (Å²) in [7, 11) is 5.23. The fraction of sp³-hybridized carbons (Fsp3) is 0.692. The van der Waals surface area contributed by atoms with Crippen LogP contribution in [0.1, 0.15) is 33.1 Å². The maximum absolute atomic E-state index is 11.9. The summed E-state index contributed by atoms with van der Waals surface area (Å²) >= 11 is 0. The van der Waals surface area contributed by atoms with Crippen molar-refractivity contribution in [2.45, 2.75) is 51.2 Å². The zero-order valence-electron chi connectivity index (χ0n) is 11.3. The summed E-state index contributed by atoms with van der Waals surface area (Å²) in [6, 6.07) is -1.29. The van der Waals surface area contributed by atoms with Gasteiger partial charge in [0.2, 0.25) is 5.91 Å². The van der Waals surface area contributed by atoms with E-state index in [1.807, 2.05) is 6.92 Å². The maximum atomic E-state index is 11.9. The fourth-order valence-electron chi connectivity index (χ4n) is 2.45. The van der Waals surface area contributed by atoms with E-state index in [1.165, 1.54) is 6.08 Å². The van der Waals surface area contributed by atoms with Crippen molar-refractivity contribution in [1.29, 1.82) is 0 Å². The molecule has 1 rings (SSSR count). The van der Waals surface area contributed by atoms with Gasteiger partial charge >= 0.3 is 5.97 Å². The first-order chi connectivity index (χ1) is 8.82. The molecule has 0 aromatic carbocycles. The van der Waals surface area contributed by atoms with Crippen LogP contribution < -0.4 is 0 Å². The fourth-order valence-corrected chi connectivity index (χ4v) is 2.45. The minimum absolute atomic E-state index is 0.0197. The number of carboxylic acid groups (broad SMARTS) is 1. The van der Waals surface area contributed by atoms with E-state index >= 15 is 0 Å². The Bertz CT molecular complexity index is 370. The van der Waals surface area contributed by atoms with Gasteiger partial charge in [-0.05, 0) is 19.8 Å². The molecule has 1 saturated heterocycles. The van der Waals surface area contributed by atoms with E-state index in [4.69, 9.17) is 18.1 Å². The van der Waals surface area contributed by atoms with E-state index in [1.54, 1.807) is 17.9 Å². The van der Waals surface area contributed by atoms with Crippen molar-refractivity contribution in [3.05, 3.63) is 12.2 Å². The third-order valence-corrected chi connectivity index (χ3v) is 3.42. The zero-order valence-corrected chi connectivity index (χ0v) is 11.3. The van der Waals surface area contributed by atoms with Crippen LogP contribution in [0.25, 0.3) is 0 Å². The summed E-state index contributed by atoms with van der Waals surface area (Å²) in [6.45, 7) is 3.48. The zero-order chi connectivity index (χ0) is 14.6. The average molecular weight is 265 g/mol. The van der Waals surface area contributed by atoms with E-state index < -0.39 is 17.9 Å². The number of amides is 1. The third-order valence-electron chi connectivity index (χ3n) is 3.42. The third kappa shape index (κ3) is 4.38. The molecule has 1 amide bonds. The first-order valence-electron chi connectivity index (χ1n) is 6.49. The molecule has 104 valence electrons. The van der Waals surface area contributed by atoms with Crippen molar-refractivity contribution >= 4 is 19.7 Å². The smallest absolute Gasteiger partial charge is 0.306 e. The van der Waals surface area contributed by atoms with E-state index in [0.29, 0.717) is 19.3 Å². The lowest BCUT2D eigenvalue weighted by Gasteiger charge is -2.30. The van der Waals surface area contributed by atoms with E-state index in [0.717, 1.165) is 0 Å². The summed E-state index contributed by atoms with van der Waals surface area (Å²) in [5, 5.41) is 17.9. The maximum Gasteiger partial charge on any atom is 0.306 e. The van der Waals surface area contributed by atoms with Crippen molar-refractivity contribution in [2.75, 3.05) is 0 Å². The number of carbonyl (C=O) groups is 2. The number of nitrogens with zero attached hydrogens (tertiary/aromatic N) is 1. The van der Waals surface area contributed by atoms with Gasteiger partial charge in [0.1, 0.15) is 7.85 Å². The van der Waals surface area contributed by atoms with Crippen LogP contribution in [0.4, 0.5) is 0 Å². The van der Waals surface area contributed by atoms with Crippen LogP contribution in [0.5, 0.6) is 0 Å². The topological polar surface area (TPSA) is 77.8 Å². The van der Waals surface area contributed by atoms with E-state index in [9.17, 15) is 9.59 Å². The molecule has 1 fully saturated rings. The Labute approximate surface area is 114 Å². The highest BCUT2D eigenvalue weighted by atomic mass is 16.4. The van der Waals surface area contributed by atoms with Crippen LogP contribution in [-0.4, -0.2) is 52.9 Å². The molecule has 1 aliphatic heterocycles. The van der Waals surface area contributed by atoms with Crippen LogP contribution in [0.15, 0.2) is 12.2 Å². The molecule has 4 unspecified atom stereocenters. The van der Waals surface area contributed by atoms with Crippen molar-refractivity contribution in [2.24, 2.45) is 5.92 Å². The molecule has 0 aromatic rings. The lowest BCUT2D eigenvalue weighted by Crippen LogP contribution is -2.41. The minimum Gasteiger partial charge on any atom is -0.481 e. The van der Waals surface area contributed by atoms with Crippen LogP contribution in [0, 0.1) is 5.92 Å². The van der Waals surface area contributed by atoms with Crippen molar-refractivity contribution in [1.82, 2.24) is 4.90 Å². The van der Waals surface area contributed by atoms with Crippen LogP contribution in [0.2, 0.25) is 0 Å². The second-order valence-corrected chi connectivity index (χ2v) is 5.11. The van der Waals surface area contributed by atoms with Crippen LogP contribution in [-0.2, 0) is 9.59 Å². The molecule has 0 aromatic heterocycles. The highest BCUT2D eigenvalue weighted by Crippen LogP contribution is 2.25. The van der Waals surface area contributed by atoms with Gasteiger partial charge in [0.15, 0.2) is 0 Å². The Kier molecular flexibility index (Phi) is 5.60. The van der Waals surface area contributed by atoms with Gasteiger partial charge < -0.3 is 15.1 Å². The Balaban J connectivity index is 2.70. The summed E-state index contributed by atoms with van der Waals surface area (Å²) in [5.74, 6) is -1.33. The number of hydrogen-bond acceptors (Lipinski definition) is 3.